The van der Waals surface area contributed by atoms with E-state index in [-0.39, 0.29) is 0 Å². The highest BCUT2D eigenvalue weighted by atomic mass is 16.5. The molecule has 0 bridgehead atoms. The number of ether oxygens (including phenoxy) is 1. The summed E-state index contributed by atoms with van der Waals surface area (Å²) in [5.74, 6) is 0.922. The summed E-state index contributed by atoms with van der Waals surface area (Å²) in [4.78, 5) is 10.9. The van der Waals surface area contributed by atoms with Gasteiger partial charge in [-0.1, -0.05) is 30.3 Å². The lowest BCUT2D eigenvalue weighted by Gasteiger charge is -2.14. The van der Waals surface area contributed by atoms with Gasteiger partial charge in [-0.3, -0.25) is 4.79 Å². The highest BCUT2D eigenvalue weighted by molar-refractivity contribution is 5.79. The largest absolute Gasteiger partial charge is 0.490 e. The van der Waals surface area contributed by atoms with Crippen LogP contribution in [0.15, 0.2) is 48.5 Å². The van der Waals surface area contributed by atoms with E-state index in [0.29, 0.717) is 11.7 Å². The van der Waals surface area contributed by atoms with Crippen molar-refractivity contribution >= 4 is 6.29 Å². The number of rotatable bonds is 4. The summed E-state index contributed by atoms with van der Waals surface area (Å²) in [7, 11) is 0. The molecule has 2 heteroatoms. The van der Waals surface area contributed by atoms with Crippen molar-refractivity contribution in [3.05, 3.63) is 54.1 Å². The number of carbonyl (C=O) groups is 1. The summed E-state index contributed by atoms with van der Waals surface area (Å²) in [5, 5.41) is 0. The minimum atomic E-state index is 0.367. The van der Waals surface area contributed by atoms with Gasteiger partial charge in [0.2, 0.25) is 0 Å². The van der Waals surface area contributed by atoms with Crippen molar-refractivity contribution in [2.45, 2.75) is 31.8 Å². The molecule has 1 saturated carbocycles. The van der Waals surface area contributed by atoms with E-state index in [0.717, 1.165) is 36.0 Å². The second kappa shape index (κ2) is 5.91. The first-order valence-corrected chi connectivity index (χ1v) is 7.17. The highest BCUT2D eigenvalue weighted by Crippen LogP contribution is 2.28. The van der Waals surface area contributed by atoms with E-state index in [9.17, 15) is 4.79 Å². The summed E-state index contributed by atoms with van der Waals surface area (Å²) in [6.45, 7) is 0. The zero-order chi connectivity index (χ0) is 13.8. The van der Waals surface area contributed by atoms with E-state index in [1.807, 2.05) is 42.5 Å². The van der Waals surface area contributed by atoms with Crippen LogP contribution in [0.3, 0.4) is 0 Å². The maximum absolute atomic E-state index is 10.9. The van der Waals surface area contributed by atoms with E-state index in [1.54, 1.807) is 0 Å². The average molecular weight is 266 g/mol. The van der Waals surface area contributed by atoms with Crippen molar-refractivity contribution in [1.29, 1.82) is 0 Å². The molecule has 0 aliphatic heterocycles. The maximum atomic E-state index is 10.9. The minimum absolute atomic E-state index is 0.367. The lowest BCUT2D eigenvalue weighted by molar-refractivity contribution is 0.112. The lowest BCUT2D eigenvalue weighted by atomic mass is 10.0. The smallest absolute Gasteiger partial charge is 0.150 e. The Morgan fingerprint density at radius 2 is 1.65 bits per heavy atom. The van der Waals surface area contributed by atoms with Crippen LogP contribution in [0.5, 0.6) is 5.75 Å². The van der Waals surface area contributed by atoms with Gasteiger partial charge in [0.05, 0.1) is 6.10 Å². The first kappa shape index (κ1) is 12.9. The van der Waals surface area contributed by atoms with Gasteiger partial charge in [0.1, 0.15) is 12.0 Å². The molecule has 1 aliphatic carbocycles. The molecule has 2 nitrogen and oxygen atoms in total. The molecule has 1 aliphatic rings. The van der Waals surface area contributed by atoms with Crippen LogP contribution in [-0.2, 0) is 0 Å². The van der Waals surface area contributed by atoms with Crippen LogP contribution in [0.25, 0.3) is 11.1 Å². The number of benzene rings is 2. The molecule has 3 rings (SSSR count). The Kier molecular flexibility index (Phi) is 3.82. The predicted molar refractivity (Wildman–Crippen MR) is 80.1 cm³/mol. The van der Waals surface area contributed by atoms with Crippen molar-refractivity contribution in [2.75, 3.05) is 0 Å². The number of aldehydes is 1. The fourth-order valence-electron chi connectivity index (χ4n) is 2.74. The standard InChI is InChI=1S/C18H18O2/c19-13-14-5-3-6-15(11-14)16-7-4-10-18(12-16)20-17-8-1-2-9-17/h3-7,10-13,17H,1-2,8-9H2. The molecule has 0 N–H and O–H groups in total. The third-order valence-corrected chi connectivity index (χ3v) is 3.80. The van der Waals surface area contributed by atoms with Crippen molar-refractivity contribution in [3.63, 3.8) is 0 Å². The first-order chi connectivity index (χ1) is 9.85. The van der Waals surface area contributed by atoms with E-state index in [4.69, 9.17) is 4.74 Å². The summed E-state index contributed by atoms with van der Waals surface area (Å²) < 4.78 is 6.02. The van der Waals surface area contributed by atoms with Gasteiger partial charge in [-0.15, -0.1) is 0 Å². The average Bonchev–Trinajstić information content (AvgIpc) is 3.00. The molecule has 0 amide bonds. The molecule has 2 aromatic rings. The second-order valence-corrected chi connectivity index (χ2v) is 5.30. The van der Waals surface area contributed by atoms with Crippen LogP contribution >= 0.6 is 0 Å². The molecule has 0 unspecified atom stereocenters. The number of hydrogen-bond acceptors (Lipinski definition) is 2. The van der Waals surface area contributed by atoms with Crippen LogP contribution in [0.4, 0.5) is 0 Å². The topological polar surface area (TPSA) is 26.3 Å². The Bertz CT molecular complexity index is 598. The molecular formula is C18H18O2. The molecule has 0 spiro atoms. The van der Waals surface area contributed by atoms with Gasteiger partial charge in [-0.25, -0.2) is 0 Å². The first-order valence-electron chi connectivity index (χ1n) is 7.17. The van der Waals surface area contributed by atoms with E-state index in [2.05, 4.69) is 6.07 Å². The third-order valence-electron chi connectivity index (χ3n) is 3.80. The van der Waals surface area contributed by atoms with E-state index >= 15 is 0 Å². The van der Waals surface area contributed by atoms with Crippen molar-refractivity contribution in [2.24, 2.45) is 0 Å². The van der Waals surface area contributed by atoms with Gasteiger partial charge >= 0.3 is 0 Å². The molecule has 0 radical (unpaired) electrons. The Morgan fingerprint density at radius 3 is 2.40 bits per heavy atom. The van der Waals surface area contributed by atoms with Gasteiger partial charge in [0.25, 0.3) is 0 Å². The molecule has 0 saturated heterocycles. The lowest BCUT2D eigenvalue weighted by Crippen LogP contribution is -2.10. The fourth-order valence-corrected chi connectivity index (χ4v) is 2.74. The molecule has 0 heterocycles. The molecule has 1 fully saturated rings. The molecule has 102 valence electrons. The summed E-state index contributed by atoms with van der Waals surface area (Å²) >= 11 is 0. The maximum Gasteiger partial charge on any atom is 0.150 e. The van der Waals surface area contributed by atoms with Gasteiger partial charge in [-0.05, 0) is 55.0 Å². The monoisotopic (exact) mass is 266 g/mol. The van der Waals surface area contributed by atoms with Gasteiger partial charge in [-0.2, -0.15) is 0 Å². The second-order valence-electron chi connectivity index (χ2n) is 5.30. The van der Waals surface area contributed by atoms with Crippen LogP contribution in [0, 0.1) is 0 Å². The van der Waals surface area contributed by atoms with Crippen LogP contribution < -0.4 is 4.74 Å². The van der Waals surface area contributed by atoms with E-state index < -0.39 is 0 Å². The summed E-state index contributed by atoms with van der Waals surface area (Å²) in [6, 6.07) is 15.8. The van der Waals surface area contributed by atoms with Gasteiger partial charge in [0, 0.05) is 5.56 Å². The van der Waals surface area contributed by atoms with Gasteiger partial charge < -0.3 is 4.74 Å². The van der Waals surface area contributed by atoms with E-state index in [1.165, 1.54) is 12.8 Å². The summed E-state index contributed by atoms with van der Waals surface area (Å²) in [5.41, 5.74) is 2.83. The number of carbonyl (C=O) groups excluding carboxylic acids is 1. The highest BCUT2D eigenvalue weighted by Gasteiger charge is 2.16. The van der Waals surface area contributed by atoms with Crippen molar-refractivity contribution < 1.29 is 9.53 Å². The Balaban J connectivity index is 1.84. The quantitative estimate of drug-likeness (QED) is 0.762. The molecule has 20 heavy (non-hydrogen) atoms. The normalized spacial score (nSPS) is 15.2. The van der Waals surface area contributed by atoms with Crippen molar-refractivity contribution in [3.8, 4) is 16.9 Å². The Morgan fingerprint density at radius 1 is 0.950 bits per heavy atom. The third kappa shape index (κ3) is 2.90. The molecule has 0 atom stereocenters. The van der Waals surface area contributed by atoms with Crippen molar-refractivity contribution in [1.82, 2.24) is 0 Å². The Hall–Kier alpha value is -2.09. The van der Waals surface area contributed by atoms with Gasteiger partial charge in [0.15, 0.2) is 0 Å². The van der Waals surface area contributed by atoms with Crippen LogP contribution in [0.1, 0.15) is 36.0 Å². The molecule has 2 aromatic carbocycles. The zero-order valence-corrected chi connectivity index (χ0v) is 11.4. The Labute approximate surface area is 119 Å². The summed E-state index contributed by atoms with van der Waals surface area (Å²) in [6.07, 6.45) is 6.10. The number of hydrogen-bond donors (Lipinski definition) is 0. The van der Waals surface area contributed by atoms with Crippen LogP contribution in [0.2, 0.25) is 0 Å². The minimum Gasteiger partial charge on any atom is -0.490 e. The van der Waals surface area contributed by atoms with Crippen LogP contribution in [-0.4, -0.2) is 12.4 Å². The fraction of sp³-hybridized carbons (Fsp3) is 0.278. The molecule has 0 aromatic heterocycles. The predicted octanol–water partition coefficient (Wildman–Crippen LogP) is 4.49. The zero-order valence-electron chi connectivity index (χ0n) is 11.4. The molecular weight excluding hydrogens is 248 g/mol. The SMILES string of the molecule is O=Cc1cccc(-c2cccc(OC3CCCC3)c2)c1.